The van der Waals surface area contributed by atoms with Crippen molar-refractivity contribution >= 4 is 51.9 Å². The lowest BCUT2D eigenvalue weighted by Gasteiger charge is -2.25. The predicted molar refractivity (Wildman–Crippen MR) is 143 cm³/mol. The summed E-state index contributed by atoms with van der Waals surface area (Å²) >= 11 is 1.18. The number of amides is 3. The van der Waals surface area contributed by atoms with E-state index < -0.39 is 6.04 Å². The van der Waals surface area contributed by atoms with E-state index in [1.54, 1.807) is 18.4 Å². The number of rotatable bonds is 8. The molecule has 0 bridgehead atoms. The van der Waals surface area contributed by atoms with Gasteiger partial charge in [0.1, 0.15) is 17.6 Å². The van der Waals surface area contributed by atoms with Crippen molar-refractivity contribution in [1.82, 2.24) is 10.2 Å². The average molecular weight is 516 g/mol. The number of carbonyl (C=O) groups excluding carboxylic acids is 3. The Bertz CT molecular complexity index is 1400. The fraction of sp³-hybridized carbons (Fsp3) is 0.222. The molecule has 37 heavy (non-hydrogen) atoms. The molecule has 2 aromatic carbocycles. The molecule has 1 unspecified atom stereocenters. The number of amidine groups is 2. The summed E-state index contributed by atoms with van der Waals surface area (Å²) in [5, 5.41) is 6.09. The highest BCUT2D eigenvalue weighted by Gasteiger charge is 2.41. The minimum absolute atomic E-state index is 0.0756. The van der Waals surface area contributed by atoms with Crippen LogP contribution in [0.2, 0.25) is 0 Å². The molecule has 3 aromatic rings. The number of thioether (sulfide) groups is 1. The second-order valence-electron chi connectivity index (χ2n) is 8.60. The number of furan rings is 1. The zero-order valence-corrected chi connectivity index (χ0v) is 21.0. The van der Waals surface area contributed by atoms with Gasteiger partial charge in [0, 0.05) is 17.7 Å². The van der Waals surface area contributed by atoms with Gasteiger partial charge >= 0.3 is 0 Å². The molecule has 2 N–H and O–H groups in total. The Hall–Kier alpha value is -4.18. The van der Waals surface area contributed by atoms with Gasteiger partial charge in [-0.1, -0.05) is 42.1 Å². The van der Waals surface area contributed by atoms with Gasteiger partial charge in [-0.15, -0.1) is 0 Å². The highest BCUT2D eigenvalue weighted by Crippen LogP contribution is 2.34. The number of para-hydroxylation sites is 2. The summed E-state index contributed by atoms with van der Waals surface area (Å²) < 4.78 is 5.23. The van der Waals surface area contributed by atoms with E-state index in [4.69, 9.17) is 4.42 Å². The van der Waals surface area contributed by atoms with Crippen LogP contribution in [0.25, 0.3) is 0 Å². The number of benzene rings is 2. The molecule has 0 radical (unpaired) electrons. The van der Waals surface area contributed by atoms with Gasteiger partial charge in [0.05, 0.1) is 24.2 Å². The number of aryl methyl sites for hydroxylation is 1. The number of nitrogens with one attached hydrogen (secondary N) is 2. The zero-order valence-electron chi connectivity index (χ0n) is 20.1. The first kappa shape index (κ1) is 24.5. The molecule has 0 spiro atoms. The van der Waals surface area contributed by atoms with Crippen molar-refractivity contribution in [2.24, 2.45) is 9.98 Å². The molecule has 0 saturated carbocycles. The molecule has 0 fully saturated rings. The van der Waals surface area contributed by atoms with Gasteiger partial charge in [-0.2, -0.15) is 0 Å². The Morgan fingerprint density at radius 2 is 1.86 bits per heavy atom. The van der Waals surface area contributed by atoms with E-state index in [0.29, 0.717) is 22.5 Å². The van der Waals surface area contributed by atoms with Crippen LogP contribution in [0.15, 0.2) is 81.3 Å². The van der Waals surface area contributed by atoms with Crippen LogP contribution in [0.3, 0.4) is 0 Å². The van der Waals surface area contributed by atoms with E-state index in [-0.39, 0.29) is 42.9 Å². The third-order valence-electron chi connectivity index (χ3n) is 5.98. The SMILES string of the molecule is Cc1ccccc1NC(=O)CSC1=Nc2ccccc2C2=NC(CCC(=O)NCc3ccco3)C(=O)N12. The maximum atomic E-state index is 13.4. The molecular weight excluding hydrogens is 490 g/mol. The Labute approximate surface area is 218 Å². The normalized spacial score (nSPS) is 16.0. The van der Waals surface area contributed by atoms with Crippen LogP contribution in [-0.4, -0.2) is 45.4 Å². The standard InChI is InChI=1S/C27H25N5O4S/c1-17-7-2-4-10-20(17)29-24(34)16-37-27-31-21-11-5-3-9-19(21)25-30-22(26(35)32(25)27)12-13-23(33)28-15-18-8-6-14-36-18/h2-11,14,22H,12-13,15-16H2,1H3,(H,28,33)(H,29,34). The number of carbonyl (C=O) groups is 3. The molecule has 3 amide bonds. The van der Waals surface area contributed by atoms with Crippen LogP contribution in [0, 0.1) is 6.92 Å². The summed E-state index contributed by atoms with van der Waals surface area (Å²) in [4.78, 5) is 49.1. The summed E-state index contributed by atoms with van der Waals surface area (Å²) in [6, 6.07) is 17.8. The maximum Gasteiger partial charge on any atom is 0.259 e. The van der Waals surface area contributed by atoms with Crippen LogP contribution < -0.4 is 10.6 Å². The molecule has 1 aromatic heterocycles. The Morgan fingerprint density at radius 3 is 2.68 bits per heavy atom. The van der Waals surface area contributed by atoms with Gasteiger partial charge in [0.2, 0.25) is 11.8 Å². The lowest BCUT2D eigenvalue weighted by atomic mass is 10.1. The minimum atomic E-state index is -0.706. The summed E-state index contributed by atoms with van der Waals surface area (Å²) in [5.74, 6) is 0.587. The van der Waals surface area contributed by atoms with Gasteiger partial charge in [-0.3, -0.25) is 19.4 Å². The molecule has 5 rings (SSSR count). The molecule has 10 heteroatoms. The van der Waals surface area contributed by atoms with Crippen molar-refractivity contribution in [3.05, 3.63) is 83.8 Å². The number of fused-ring (bicyclic) bond motifs is 3. The molecule has 2 aliphatic rings. The largest absolute Gasteiger partial charge is 0.467 e. The van der Waals surface area contributed by atoms with E-state index in [0.717, 1.165) is 16.8 Å². The fourth-order valence-corrected chi connectivity index (χ4v) is 4.87. The van der Waals surface area contributed by atoms with E-state index in [1.165, 1.54) is 16.7 Å². The molecule has 3 heterocycles. The quantitative estimate of drug-likeness (QED) is 0.470. The highest BCUT2D eigenvalue weighted by molar-refractivity contribution is 8.14. The fourth-order valence-electron chi connectivity index (χ4n) is 4.07. The molecule has 188 valence electrons. The first-order chi connectivity index (χ1) is 18.0. The number of nitrogens with zero attached hydrogens (tertiary/aromatic N) is 3. The first-order valence-electron chi connectivity index (χ1n) is 11.9. The van der Waals surface area contributed by atoms with E-state index >= 15 is 0 Å². The lowest BCUT2D eigenvalue weighted by Crippen LogP contribution is -2.41. The number of anilines is 1. The summed E-state index contributed by atoms with van der Waals surface area (Å²) in [6.45, 7) is 2.21. The van der Waals surface area contributed by atoms with Gasteiger partial charge in [0.15, 0.2) is 5.17 Å². The Balaban J connectivity index is 1.26. The lowest BCUT2D eigenvalue weighted by molar-refractivity contribution is -0.125. The summed E-state index contributed by atoms with van der Waals surface area (Å²) in [7, 11) is 0. The number of hydrogen-bond acceptors (Lipinski definition) is 7. The Morgan fingerprint density at radius 1 is 1.05 bits per heavy atom. The predicted octanol–water partition coefficient (Wildman–Crippen LogP) is 4.02. The molecular formula is C27H25N5O4S. The van der Waals surface area contributed by atoms with Crippen molar-refractivity contribution in [3.8, 4) is 0 Å². The molecule has 9 nitrogen and oxygen atoms in total. The van der Waals surface area contributed by atoms with Gasteiger partial charge in [-0.05, 0) is 49.2 Å². The number of aliphatic imine (C=N–C) groups is 2. The number of hydrogen-bond donors (Lipinski definition) is 2. The van der Waals surface area contributed by atoms with Crippen molar-refractivity contribution in [3.63, 3.8) is 0 Å². The highest BCUT2D eigenvalue weighted by atomic mass is 32.2. The van der Waals surface area contributed by atoms with Crippen molar-refractivity contribution in [2.45, 2.75) is 32.4 Å². The third kappa shape index (κ3) is 5.49. The zero-order chi connectivity index (χ0) is 25.8. The third-order valence-corrected chi connectivity index (χ3v) is 6.92. The van der Waals surface area contributed by atoms with E-state index in [1.807, 2.05) is 55.5 Å². The van der Waals surface area contributed by atoms with E-state index in [2.05, 4.69) is 20.6 Å². The average Bonchev–Trinajstić information content (AvgIpc) is 3.54. The molecule has 0 saturated heterocycles. The van der Waals surface area contributed by atoms with Gasteiger partial charge in [0.25, 0.3) is 5.91 Å². The smallest absolute Gasteiger partial charge is 0.259 e. The maximum absolute atomic E-state index is 13.4. The minimum Gasteiger partial charge on any atom is -0.467 e. The van der Waals surface area contributed by atoms with Crippen LogP contribution in [0.5, 0.6) is 0 Å². The van der Waals surface area contributed by atoms with Crippen molar-refractivity contribution < 1.29 is 18.8 Å². The topological polar surface area (TPSA) is 116 Å². The molecule has 1 atom stereocenters. The summed E-state index contributed by atoms with van der Waals surface area (Å²) in [6.07, 6.45) is 1.95. The van der Waals surface area contributed by atoms with Gasteiger partial charge in [-0.25, -0.2) is 9.89 Å². The van der Waals surface area contributed by atoms with Crippen LogP contribution in [0.4, 0.5) is 11.4 Å². The van der Waals surface area contributed by atoms with Crippen LogP contribution >= 0.6 is 11.8 Å². The van der Waals surface area contributed by atoms with E-state index in [9.17, 15) is 14.4 Å². The van der Waals surface area contributed by atoms with Crippen LogP contribution in [0.1, 0.15) is 29.7 Å². The van der Waals surface area contributed by atoms with Crippen molar-refractivity contribution in [1.29, 1.82) is 0 Å². The Kier molecular flexibility index (Phi) is 7.18. The van der Waals surface area contributed by atoms with Crippen molar-refractivity contribution in [2.75, 3.05) is 11.1 Å². The monoisotopic (exact) mass is 515 g/mol. The second kappa shape index (κ2) is 10.8. The first-order valence-corrected chi connectivity index (χ1v) is 12.9. The van der Waals surface area contributed by atoms with Crippen LogP contribution in [-0.2, 0) is 20.9 Å². The molecule has 2 aliphatic heterocycles. The van der Waals surface area contributed by atoms with Gasteiger partial charge < -0.3 is 15.1 Å². The molecule has 0 aliphatic carbocycles. The second-order valence-corrected chi connectivity index (χ2v) is 9.54. The summed E-state index contributed by atoms with van der Waals surface area (Å²) in [5.41, 5.74) is 3.14.